The van der Waals surface area contributed by atoms with Gasteiger partial charge in [-0.15, -0.1) is 0 Å². The van der Waals surface area contributed by atoms with E-state index >= 15 is 0 Å². The minimum Gasteiger partial charge on any atom is -0.334 e. The second kappa shape index (κ2) is 2.68. The molecule has 0 amide bonds. The van der Waals surface area contributed by atoms with E-state index in [0.29, 0.717) is 6.04 Å². The zero-order chi connectivity index (χ0) is 7.68. The summed E-state index contributed by atoms with van der Waals surface area (Å²) in [6, 6.07) is 0.659. The van der Waals surface area contributed by atoms with Gasteiger partial charge in [0.05, 0.1) is 6.33 Å². The Morgan fingerprint density at radius 2 is 2.36 bits per heavy atom. The average Bonchev–Trinajstić information content (AvgIpc) is 2.32. The number of nitrogens with zero attached hydrogens (tertiary/aromatic N) is 2. The van der Waals surface area contributed by atoms with Crippen molar-refractivity contribution in [2.75, 3.05) is 0 Å². The van der Waals surface area contributed by atoms with Gasteiger partial charge in [-0.1, -0.05) is 6.42 Å². The highest BCUT2D eigenvalue weighted by Crippen LogP contribution is 2.35. The SMILES string of the molecule is C[C@H](C1CCC1)n1ccnc1. The van der Waals surface area contributed by atoms with E-state index in [1.807, 2.05) is 12.5 Å². The average molecular weight is 150 g/mol. The Kier molecular flexibility index (Phi) is 1.68. The molecule has 2 heteroatoms. The summed E-state index contributed by atoms with van der Waals surface area (Å²) in [6.07, 6.45) is 10.1. The van der Waals surface area contributed by atoms with Crippen molar-refractivity contribution < 1.29 is 0 Å². The first kappa shape index (κ1) is 6.89. The van der Waals surface area contributed by atoms with Crippen molar-refractivity contribution in [2.24, 2.45) is 5.92 Å². The molecule has 1 aliphatic rings. The molecule has 0 radical (unpaired) electrons. The molecular weight excluding hydrogens is 136 g/mol. The van der Waals surface area contributed by atoms with Gasteiger partial charge < -0.3 is 4.57 Å². The molecule has 1 aromatic heterocycles. The van der Waals surface area contributed by atoms with Crippen molar-refractivity contribution in [3.8, 4) is 0 Å². The van der Waals surface area contributed by atoms with Gasteiger partial charge in [-0.25, -0.2) is 4.98 Å². The van der Waals surface area contributed by atoms with Crippen LogP contribution >= 0.6 is 0 Å². The van der Waals surface area contributed by atoms with Gasteiger partial charge in [-0.05, 0) is 25.7 Å². The normalized spacial score (nSPS) is 21.2. The van der Waals surface area contributed by atoms with Crippen molar-refractivity contribution in [3.05, 3.63) is 18.7 Å². The van der Waals surface area contributed by atoms with Crippen molar-refractivity contribution in [3.63, 3.8) is 0 Å². The first-order valence-corrected chi connectivity index (χ1v) is 4.35. The Labute approximate surface area is 67.3 Å². The molecular formula is C9H14N2. The number of imidazole rings is 1. The fraction of sp³-hybridized carbons (Fsp3) is 0.667. The molecule has 1 atom stereocenters. The van der Waals surface area contributed by atoms with Crippen LogP contribution in [0.4, 0.5) is 0 Å². The van der Waals surface area contributed by atoms with E-state index in [9.17, 15) is 0 Å². The molecule has 0 spiro atoms. The molecule has 1 fully saturated rings. The maximum atomic E-state index is 4.05. The molecule has 1 aliphatic carbocycles. The topological polar surface area (TPSA) is 17.8 Å². The van der Waals surface area contributed by atoms with Crippen LogP contribution in [0.15, 0.2) is 18.7 Å². The van der Waals surface area contributed by atoms with Gasteiger partial charge in [0.15, 0.2) is 0 Å². The van der Waals surface area contributed by atoms with E-state index in [1.165, 1.54) is 19.3 Å². The van der Waals surface area contributed by atoms with E-state index in [2.05, 4.69) is 22.7 Å². The minimum absolute atomic E-state index is 0.659. The molecule has 1 aromatic rings. The lowest BCUT2D eigenvalue weighted by atomic mass is 9.80. The van der Waals surface area contributed by atoms with Crippen LogP contribution in [-0.2, 0) is 0 Å². The van der Waals surface area contributed by atoms with Gasteiger partial charge in [-0.2, -0.15) is 0 Å². The lowest BCUT2D eigenvalue weighted by Gasteiger charge is -2.31. The highest BCUT2D eigenvalue weighted by atomic mass is 15.0. The van der Waals surface area contributed by atoms with Crippen molar-refractivity contribution in [1.29, 1.82) is 0 Å². The van der Waals surface area contributed by atoms with Gasteiger partial charge in [0.1, 0.15) is 0 Å². The summed E-state index contributed by atoms with van der Waals surface area (Å²) in [6.45, 7) is 2.28. The van der Waals surface area contributed by atoms with Crippen LogP contribution in [0.1, 0.15) is 32.2 Å². The fourth-order valence-corrected chi connectivity index (χ4v) is 1.68. The molecule has 0 aromatic carbocycles. The van der Waals surface area contributed by atoms with Gasteiger partial charge in [-0.3, -0.25) is 0 Å². The maximum Gasteiger partial charge on any atom is 0.0948 e. The lowest BCUT2D eigenvalue weighted by Crippen LogP contribution is -2.21. The molecule has 11 heavy (non-hydrogen) atoms. The van der Waals surface area contributed by atoms with Gasteiger partial charge >= 0.3 is 0 Å². The van der Waals surface area contributed by atoms with Crippen LogP contribution in [-0.4, -0.2) is 9.55 Å². The highest BCUT2D eigenvalue weighted by molar-refractivity contribution is 4.85. The zero-order valence-electron chi connectivity index (χ0n) is 6.90. The Morgan fingerprint density at radius 3 is 2.82 bits per heavy atom. The maximum absolute atomic E-state index is 4.05. The monoisotopic (exact) mass is 150 g/mol. The van der Waals surface area contributed by atoms with Crippen LogP contribution in [0.5, 0.6) is 0 Å². The van der Waals surface area contributed by atoms with Crippen LogP contribution in [0, 0.1) is 5.92 Å². The summed E-state index contributed by atoms with van der Waals surface area (Å²) in [4.78, 5) is 4.05. The summed E-state index contributed by atoms with van der Waals surface area (Å²) >= 11 is 0. The predicted molar refractivity (Wildman–Crippen MR) is 44.3 cm³/mol. The second-order valence-corrected chi connectivity index (χ2v) is 3.44. The number of hydrogen-bond donors (Lipinski definition) is 0. The molecule has 2 nitrogen and oxygen atoms in total. The Hall–Kier alpha value is -0.790. The number of aromatic nitrogens is 2. The summed E-state index contributed by atoms with van der Waals surface area (Å²) in [5.41, 5.74) is 0. The molecule has 2 rings (SSSR count). The van der Waals surface area contributed by atoms with Crippen molar-refractivity contribution in [1.82, 2.24) is 9.55 Å². The Balaban J connectivity index is 2.04. The summed E-state index contributed by atoms with van der Waals surface area (Å²) < 4.78 is 2.21. The molecule has 1 heterocycles. The van der Waals surface area contributed by atoms with Crippen LogP contribution in [0.2, 0.25) is 0 Å². The first-order valence-electron chi connectivity index (χ1n) is 4.35. The lowest BCUT2D eigenvalue weighted by molar-refractivity contribution is 0.222. The molecule has 0 aliphatic heterocycles. The van der Waals surface area contributed by atoms with Crippen LogP contribution in [0.25, 0.3) is 0 Å². The molecule has 0 bridgehead atoms. The van der Waals surface area contributed by atoms with E-state index < -0.39 is 0 Å². The standard InChI is InChI=1S/C9H14N2/c1-8(9-3-2-4-9)11-6-5-10-7-11/h5-9H,2-4H2,1H3/t8-/m1/s1. The predicted octanol–water partition coefficient (Wildman–Crippen LogP) is 2.24. The Morgan fingerprint density at radius 1 is 1.55 bits per heavy atom. The Bertz CT molecular complexity index is 211. The molecule has 60 valence electrons. The number of rotatable bonds is 2. The third-order valence-corrected chi connectivity index (χ3v) is 2.83. The van der Waals surface area contributed by atoms with Crippen molar-refractivity contribution >= 4 is 0 Å². The zero-order valence-corrected chi connectivity index (χ0v) is 6.90. The van der Waals surface area contributed by atoms with E-state index in [4.69, 9.17) is 0 Å². The molecule has 0 N–H and O–H groups in total. The second-order valence-electron chi connectivity index (χ2n) is 3.44. The summed E-state index contributed by atoms with van der Waals surface area (Å²) in [5.74, 6) is 0.907. The fourth-order valence-electron chi connectivity index (χ4n) is 1.68. The highest BCUT2D eigenvalue weighted by Gasteiger charge is 2.24. The van der Waals surface area contributed by atoms with Crippen LogP contribution < -0.4 is 0 Å². The molecule has 0 unspecified atom stereocenters. The molecule has 1 saturated carbocycles. The van der Waals surface area contributed by atoms with Gasteiger partial charge in [0, 0.05) is 18.4 Å². The largest absolute Gasteiger partial charge is 0.334 e. The quantitative estimate of drug-likeness (QED) is 0.632. The number of hydrogen-bond acceptors (Lipinski definition) is 1. The van der Waals surface area contributed by atoms with E-state index in [-0.39, 0.29) is 0 Å². The first-order chi connectivity index (χ1) is 5.38. The molecule has 0 saturated heterocycles. The van der Waals surface area contributed by atoms with Gasteiger partial charge in [0.2, 0.25) is 0 Å². The summed E-state index contributed by atoms with van der Waals surface area (Å²) in [5, 5.41) is 0. The van der Waals surface area contributed by atoms with Gasteiger partial charge in [0.25, 0.3) is 0 Å². The third kappa shape index (κ3) is 1.17. The third-order valence-electron chi connectivity index (χ3n) is 2.83. The van der Waals surface area contributed by atoms with E-state index in [0.717, 1.165) is 5.92 Å². The summed E-state index contributed by atoms with van der Waals surface area (Å²) in [7, 11) is 0. The van der Waals surface area contributed by atoms with E-state index in [1.54, 1.807) is 0 Å². The van der Waals surface area contributed by atoms with Crippen LogP contribution in [0.3, 0.4) is 0 Å². The van der Waals surface area contributed by atoms with Crippen molar-refractivity contribution in [2.45, 2.75) is 32.2 Å². The minimum atomic E-state index is 0.659. The smallest absolute Gasteiger partial charge is 0.0948 e.